The van der Waals surface area contributed by atoms with E-state index in [1.54, 1.807) is 12.1 Å². The quantitative estimate of drug-likeness (QED) is 0.786. The third-order valence-corrected chi connectivity index (χ3v) is 2.89. The molecule has 1 aromatic rings. The molecule has 3 heteroatoms. The van der Waals surface area contributed by atoms with Crippen molar-refractivity contribution < 1.29 is 9.90 Å². The Hall–Kier alpha value is -1.61. The van der Waals surface area contributed by atoms with Crippen molar-refractivity contribution in [2.45, 2.75) is 19.5 Å². The highest BCUT2D eigenvalue weighted by atomic mass is 16.4. The van der Waals surface area contributed by atoms with Gasteiger partial charge >= 0.3 is 5.97 Å². The first-order valence-corrected chi connectivity index (χ1v) is 5.39. The lowest BCUT2D eigenvalue weighted by Crippen LogP contribution is -2.16. The summed E-state index contributed by atoms with van der Waals surface area (Å²) in [6, 6.07) is 5.39. The van der Waals surface area contributed by atoms with Gasteiger partial charge in [0.15, 0.2) is 0 Å². The van der Waals surface area contributed by atoms with Crippen LogP contribution in [0.15, 0.2) is 30.9 Å². The predicted molar refractivity (Wildman–Crippen MR) is 62.3 cm³/mol. The van der Waals surface area contributed by atoms with Gasteiger partial charge in [0.2, 0.25) is 0 Å². The molecule has 1 aliphatic rings. The molecule has 1 aromatic carbocycles. The van der Waals surface area contributed by atoms with Gasteiger partial charge in [0.1, 0.15) is 0 Å². The smallest absolute Gasteiger partial charge is 0.335 e. The molecule has 16 heavy (non-hydrogen) atoms. The van der Waals surface area contributed by atoms with Crippen molar-refractivity contribution in [3.05, 3.63) is 47.5 Å². The number of carboxylic acid groups (broad SMARTS) is 1. The summed E-state index contributed by atoms with van der Waals surface area (Å²) in [7, 11) is 0. The number of carboxylic acids is 1. The van der Waals surface area contributed by atoms with Crippen LogP contribution < -0.4 is 0 Å². The van der Waals surface area contributed by atoms with Crippen LogP contribution >= 0.6 is 0 Å². The summed E-state index contributed by atoms with van der Waals surface area (Å²) >= 11 is 0. The minimum absolute atomic E-state index is 0.379. The number of nitrogens with zero attached hydrogens (tertiary/aromatic N) is 1. The third-order valence-electron chi connectivity index (χ3n) is 2.89. The first-order valence-electron chi connectivity index (χ1n) is 5.39. The molecule has 1 N–H and O–H groups in total. The van der Waals surface area contributed by atoms with E-state index in [0.29, 0.717) is 5.56 Å². The highest BCUT2D eigenvalue weighted by Crippen LogP contribution is 2.23. The van der Waals surface area contributed by atoms with Crippen LogP contribution in [0.1, 0.15) is 27.9 Å². The summed E-state index contributed by atoms with van der Waals surface area (Å²) in [6.45, 7) is 6.46. The van der Waals surface area contributed by atoms with Gasteiger partial charge in [0, 0.05) is 19.6 Å². The van der Waals surface area contributed by atoms with Crippen molar-refractivity contribution in [3.8, 4) is 0 Å². The van der Waals surface area contributed by atoms with Crippen molar-refractivity contribution in [2.75, 3.05) is 6.54 Å². The molecule has 2 rings (SSSR count). The zero-order valence-corrected chi connectivity index (χ0v) is 9.15. The first kappa shape index (κ1) is 10.9. The molecule has 0 atom stereocenters. The van der Waals surface area contributed by atoms with E-state index in [4.69, 9.17) is 5.11 Å². The molecule has 1 heterocycles. The zero-order chi connectivity index (χ0) is 11.5. The lowest BCUT2D eigenvalue weighted by Gasteiger charge is -2.12. The fourth-order valence-electron chi connectivity index (χ4n) is 2.03. The molecule has 0 aliphatic carbocycles. The number of hydrogen-bond acceptors (Lipinski definition) is 2. The van der Waals surface area contributed by atoms with Gasteiger partial charge in [0.25, 0.3) is 0 Å². The minimum Gasteiger partial charge on any atom is -0.478 e. The maximum Gasteiger partial charge on any atom is 0.335 e. The third kappa shape index (κ3) is 2.14. The van der Waals surface area contributed by atoms with Crippen molar-refractivity contribution in [1.82, 2.24) is 4.90 Å². The van der Waals surface area contributed by atoms with Crippen LogP contribution in [0.25, 0.3) is 0 Å². The Morgan fingerprint density at radius 2 is 2.19 bits per heavy atom. The highest BCUT2D eigenvalue weighted by Gasteiger charge is 2.19. The molecule has 0 spiro atoms. The molecule has 0 amide bonds. The normalized spacial score (nSPS) is 14.8. The van der Waals surface area contributed by atoms with Crippen LogP contribution in [-0.2, 0) is 13.1 Å². The van der Waals surface area contributed by atoms with E-state index >= 15 is 0 Å². The van der Waals surface area contributed by atoms with Crippen LogP contribution in [0.4, 0.5) is 0 Å². The van der Waals surface area contributed by atoms with Crippen LogP contribution in [0, 0.1) is 0 Å². The lowest BCUT2D eigenvalue weighted by molar-refractivity contribution is 0.0697. The standard InChI is InChI=1S/C13H15NO2/c1-2-3-6-14-8-11-5-4-10(13(15)16)7-12(11)9-14/h2,4-5,7H,1,3,6,8-9H2,(H,15,16). The second-order valence-corrected chi connectivity index (χ2v) is 4.08. The van der Waals surface area contributed by atoms with Gasteiger partial charge in [-0.05, 0) is 29.7 Å². The molecule has 0 fully saturated rings. The van der Waals surface area contributed by atoms with E-state index in [1.165, 1.54) is 5.56 Å². The van der Waals surface area contributed by atoms with E-state index in [-0.39, 0.29) is 0 Å². The molecular weight excluding hydrogens is 202 g/mol. The van der Waals surface area contributed by atoms with Crippen LogP contribution in [-0.4, -0.2) is 22.5 Å². The van der Waals surface area contributed by atoms with E-state index in [2.05, 4.69) is 11.5 Å². The number of aromatic carboxylic acids is 1. The second kappa shape index (κ2) is 4.49. The largest absolute Gasteiger partial charge is 0.478 e. The fourth-order valence-corrected chi connectivity index (χ4v) is 2.03. The van der Waals surface area contributed by atoms with E-state index < -0.39 is 5.97 Å². The Morgan fingerprint density at radius 1 is 1.44 bits per heavy atom. The Morgan fingerprint density at radius 3 is 2.88 bits per heavy atom. The van der Waals surface area contributed by atoms with Gasteiger partial charge in [-0.1, -0.05) is 12.1 Å². The van der Waals surface area contributed by atoms with E-state index in [0.717, 1.165) is 31.6 Å². The van der Waals surface area contributed by atoms with E-state index in [9.17, 15) is 4.79 Å². The molecule has 0 saturated carbocycles. The van der Waals surface area contributed by atoms with Crippen molar-refractivity contribution in [3.63, 3.8) is 0 Å². The molecule has 84 valence electrons. The first-order chi connectivity index (χ1) is 7.70. The molecule has 3 nitrogen and oxygen atoms in total. The van der Waals surface area contributed by atoms with Crippen molar-refractivity contribution in [2.24, 2.45) is 0 Å². The topological polar surface area (TPSA) is 40.5 Å². The lowest BCUT2D eigenvalue weighted by atomic mass is 10.1. The average molecular weight is 217 g/mol. The Bertz CT molecular complexity index is 426. The summed E-state index contributed by atoms with van der Waals surface area (Å²) in [6.07, 6.45) is 2.88. The summed E-state index contributed by atoms with van der Waals surface area (Å²) in [4.78, 5) is 13.1. The molecule has 0 aromatic heterocycles. The molecule has 1 aliphatic heterocycles. The Kier molecular flexibility index (Phi) is 3.06. The molecule has 0 unspecified atom stereocenters. The Labute approximate surface area is 95.0 Å². The molecular formula is C13H15NO2. The zero-order valence-electron chi connectivity index (χ0n) is 9.15. The summed E-state index contributed by atoms with van der Waals surface area (Å²) < 4.78 is 0. The van der Waals surface area contributed by atoms with Crippen molar-refractivity contribution in [1.29, 1.82) is 0 Å². The van der Waals surface area contributed by atoms with Crippen LogP contribution in [0.3, 0.4) is 0 Å². The number of carbonyl (C=O) groups is 1. The van der Waals surface area contributed by atoms with Gasteiger partial charge in [-0.15, -0.1) is 6.58 Å². The maximum atomic E-state index is 10.8. The van der Waals surface area contributed by atoms with Gasteiger partial charge in [-0.3, -0.25) is 4.90 Å². The molecule has 0 bridgehead atoms. The SMILES string of the molecule is C=CCCN1Cc2ccc(C(=O)O)cc2C1. The number of benzene rings is 1. The number of hydrogen-bond donors (Lipinski definition) is 1. The van der Waals surface area contributed by atoms with E-state index in [1.807, 2.05) is 12.1 Å². The minimum atomic E-state index is -0.854. The predicted octanol–water partition coefficient (Wildman–Crippen LogP) is 2.28. The molecule has 0 saturated heterocycles. The summed E-state index contributed by atoms with van der Waals surface area (Å²) in [5.74, 6) is -0.854. The van der Waals surface area contributed by atoms with Crippen LogP contribution in [0.5, 0.6) is 0 Å². The monoisotopic (exact) mass is 217 g/mol. The van der Waals surface area contributed by atoms with Crippen molar-refractivity contribution >= 4 is 5.97 Å². The fraction of sp³-hybridized carbons (Fsp3) is 0.308. The maximum absolute atomic E-state index is 10.8. The molecule has 0 radical (unpaired) electrons. The summed E-state index contributed by atoms with van der Waals surface area (Å²) in [5.41, 5.74) is 2.77. The van der Waals surface area contributed by atoms with Gasteiger partial charge < -0.3 is 5.11 Å². The summed E-state index contributed by atoms with van der Waals surface area (Å²) in [5, 5.41) is 8.90. The van der Waals surface area contributed by atoms with Gasteiger partial charge in [-0.25, -0.2) is 4.79 Å². The Balaban J connectivity index is 2.12. The number of rotatable bonds is 4. The van der Waals surface area contributed by atoms with Gasteiger partial charge in [-0.2, -0.15) is 0 Å². The second-order valence-electron chi connectivity index (χ2n) is 4.08. The van der Waals surface area contributed by atoms with Crippen LogP contribution in [0.2, 0.25) is 0 Å². The van der Waals surface area contributed by atoms with Gasteiger partial charge in [0.05, 0.1) is 5.56 Å². The highest BCUT2D eigenvalue weighted by molar-refractivity contribution is 5.87. The number of fused-ring (bicyclic) bond motifs is 1. The average Bonchev–Trinajstić information content (AvgIpc) is 2.67.